The smallest absolute Gasteiger partial charge is 0.345 e. The van der Waals surface area contributed by atoms with Crippen molar-refractivity contribution in [1.82, 2.24) is 4.98 Å². The van der Waals surface area contributed by atoms with Crippen molar-refractivity contribution in [2.75, 3.05) is 6.61 Å². The molecule has 9 heteroatoms. The molecule has 1 radical (unpaired) electrons. The van der Waals surface area contributed by atoms with Crippen molar-refractivity contribution in [1.29, 1.82) is 0 Å². The molecule has 42 heavy (non-hydrogen) atoms. The minimum atomic E-state index is -1.15. The summed E-state index contributed by atoms with van der Waals surface area (Å²) in [5.41, 5.74) is -1.98. The molecule has 1 aliphatic heterocycles. The number of hydrogen-bond donors (Lipinski definition) is 1. The third-order valence-electron chi connectivity index (χ3n) is 10.8. The summed E-state index contributed by atoms with van der Waals surface area (Å²) in [6.45, 7) is 6.28. The average Bonchev–Trinajstić information content (AvgIpc) is 3.86. The zero-order valence-corrected chi connectivity index (χ0v) is 24.3. The fourth-order valence-electron chi connectivity index (χ4n) is 8.24. The fourth-order valence-corrected chi connectivity index (χ4v) is 8.24. The lowest BCUT2D eigenvalue weighted by molar-refractivity contribution is -0.227. The topological polar surface area (TPSA) is 125 Å². The van der Waals surface area contributed by atoms with E-state index in [4.69, 9.17) is 18.6 Å². The molecule has 4 aliphatic carbocycles. The molecule has 0 amide bonds. The van der Waals surface area contributed by atoms with E-state index < -0.39 is 40.2 Å². The van der Waals surface area contributed by atoms with Crippen LogP contribution in [-0.4, -0.2) is 40.3 Å². The zero-order valence-electron chi connectivity index (χ0n) is 24.3. The number of carbonyl (C=O) groups excluding carboxylic acids is 2. The summed E-state index contributed by atoms with van der Waals surface area (Å²) in [4.78, 5) is 43.0. The number of esters is 2. The van der Waals surface area contributed by atoms with Gasteiger partial charge in [0.05, 0.1) is 17.9 Å². The lowest BCUT2D eigenvalue weighted by Crippen LogP contribution is -2.66. The van der Waals surface area contributed by atoms with E-state index in [9.17, 15) is 19.5 Å². The fraction of sp³-hybridized carbons (Fsp3) is 0.606. The van der Waals surface area contributed by atoms with Crippen LogP contribution >= 0.6 is 0 Å². The highest BCUT2D eigenvalue weighted by Gasteiger charge is 2.67. The number of rotatable bonds is 6. The van der Waals surface area contributed by atoms with Gasteiger partial charge in [0, 0.05) is 41.8 Å². The molecule has 9 nitrogen and oxygen atoms in total. The lowest BCUT2D eigenvalue weighted by atomic mass is 9.43. The third kappa shape index (κ3) is 4.38. The van der Waals surface area contributed by atoms with Gasteiger partial charge in [-0.1, -0.05) is 13.8 Å². The Hall–Kier alpha value is -3.20. The first kappa shape index (κ1) is 27.6. The number of ether oxygens (including phenoxy) is 3. The van der Waals surface area contributed by atoms with Gasteiger partial charge >= 0.3 is 17.6 Å². The maximum absolute atomic E-state index is 13.4. The first-order valence-corrected chi connectivity index (χ1v) is 15.2. The summed E-state index contributed by atoms with van der Waals surface area (Å²) in [5, 5.41) is 12.0. The molecule has 0 spiro atoms. The molecule has 5 aliphatic rings. The van der Waals surface area contributed by atoms with Gasteiger partial charge in [-0.3, -0.25) is 14.6 Å². The van der Waals surface area contributed by atoms with Gasteiger partial charge in [-0.25, -0.2) is 4.79 Å². The van der Waals surface area contributed by atoms with E-state index in [-0.39, 0.29) is 41.9 Å². The van der Waals surface area contributed by atoms with Crippen LogP contribution in [-0.2, 0) is 19.1 Å². The minimum absolute atomic E-state index is 0.0429. The van der Waals surface area contributed by atoms with Crippen molar-refractivity contribution in [3.63, 3.8) is 0 Å². The molecule has 7 rings (SSSR count). The Labute approximate surface area is 244 Å². The van der Waals surface area contributed by atoms with Crippen LogP contribution in [0.25, 0.3) is 11.3 Å². The van der Waals surface area contributed by atoms with Crippen LogP contribution in [0.5, 0.6) is 5.75 Å². The van der Waals surface area contributed by atoms with Gasteiger partial charge in [0.2, 0.25) is 0 Å². The number of hydrogen-bond acceptors (Lipinski definition) is 9. The van der Waals surface area contributed by atoms with Crippen molar-refractivity contribution in [3.8, 4) is 17.1 Å². The summed E-state index contributed by atoms with van der Waals surface area (Å²) >= 11 is 0. The van der Waals surface area contributed by atoms with E-state index >= 15 is 0 Å². The standard InChI is InChI=1S/C33H38NO8/c1-31-12-11-24(41-29(37)19-8-9-19)32(2,17-39-28(36)18-6-7-18)23(31)10-13-33(3)27(31)26(35)25-22(42-33)15-21(40-30(25)38)20-5-4-14-34-16-20/h4-5,13-16,18-19,23-24,26-27,35H,6-12,17H2,1-3H3/t23?,24-,26-,27?,31-,32-,33+/m0/s1. The van der Waals surface area contributed by atoms with E-state index in [1.165, 1.54) is 0 Å². The van der Waals surface area contributed by atoms with Gasteiger partial charge in [-0.15, -0.1) is 0 Å². The molecule has 2 unspecified atom stereocenters. The number of aliphatic hydroxyl groups excluding tert-OH is 1. The highest BCUT2D eigenvalue weighted by molar-refractivity contribution is 5.75. The molecular weight excluding hydrogens is 538 g/mol. The summed E-state index contributed by atoms with van der Waals surface area (Å²) in [6, 6.07) is 5.22. The Balaban J connectivity index is 1.24. The number of pyridine rings is 1. The first-order valence-electron chi connectivity index (χ1n) is 15.2. The van der Waals surface area contributed by atoms with Crippen LogP contribution in [0, 0.1) is 40.9 Å². The normalized spacial score (nSPS) is 37.0. The van der Waals surface area contributed by atoms with Crippen molar-refractivity contribution in [2.45, 2.75) is 83.5 Å². The van der Waals surface area contributed by atoms with Crippen molar-refractivity contribution >= 4 is 11.9 Å². The summed E-state index contributed by atoms with van der Waals surface area (Å²) in [6.07, 6.45) is 8.97. The highest BCUT2D eigenvalue weighted by Crippen LogP contribution is 2.67. The van der Waals surface area contributed by atoms with Gasteiger partial charge in [0.15, 0.2) is 0 Å². The van der Waals surface area contributed by atoms with Crippen molar-refractivity contribution in [2.24, 2.45) is 34.5 Å². The van der Waals surface area contributed by atoms with Crippen LogP contribution in [0.3, 0.4) is 0 Å². The van der Waals surface area contributed by atoms with Crippen LogP contribution in [0.2, 0.25) is 0 Å². The van der Waals surface area contributed by atoms with Crippen LogP contribution in [0.1, 0.15) is 77.4 Å². The van der Waals surface area contributed by atoms with Gasteiger partial charge in [0.1, 0.15) is 35.4 Å². The number of nitrogens with zero attached hydrogens (tertiary/aromatic N) is 1. The maximum atomic E-state index is 13.4. The molecule has 3 heterocycles. The van der Waals surface area contributed by atoms with E-state index in [1.807, 2.05) is 6.92 Å². The number of carbonyl (C=O) groups is 2. The summed E-state index contributed by atoms with van der Waals surface area (Å²) in [7, 11) is 0. The Morgan fingerprint density at radius 2 is 1.83 bits per heavy atom. The number of aromatic nitrogens is 1. The summed E-state index contributed by atoms with van der Waals surface area (Å²) < 4.78 is 24.3. The van der Waals surface area contributed by atoms with Gasteiger partial charge in [0.25, 0.3) is 0 Å². The molecule has 0 aromatic carbocycles. The Kier molecular flexibility index (Phi) is 6.35. The molecule has 0 bridgehead atoms. The SMILES string of the molecule is C[C@]12CC[C@H](OC(=O)C3CC3)[C@@](C)(COC(=O)C3CC3)C1C[CH][C@@]1(C)Oc3cc(-c4cccnc4)oc(=O)c3[C@H](O)C21. The van der Waals surface area contributed by atoms with E-state index in [1.54, 1.807) is 30.6 Å². The number of fused-ring (bicyclic) bond motifs is 4. The minimum Gasteiger partial charge on any atom is -0.486 e. The van der Waals surface area contributed by atoms with Crippen LogP contribution in [0.15, 0.2) is 39.8 Å². The Morgan fingerprint density at radius 3 is 2.52 bits per heavy atom. The maximum Gasteiger partial charge on any atom is 0.345 e. The second kappa shape index (κ2) is 9.66. The third-order valence-corrected chi connectivity index (χ3v) is 10.8. The molecule has 1 N–H and O–H groups in total. The molecular formula is C33H38NO8. The van der Waals surface area contributed by atoms with Gasteiger partial charge in [-0.05, 0) is 75.3 Å². The predicted molar refractivity (Wildman–Crippen MR) is 150 cm³/mol. The highest BCUT2D eigenvalue weighted by atomic mass is 16.6. The van der Waals surface area contributed by atoms with Gasteiger partial charge < -0.3 is 23.7 Å². The van der Waals surface area contributed by atoms with E-state index in [0.29, 0.717) is 36.3 Å². The van der Waals surface area contributed by atoms with E-state index in [2.05, 4.69) is 25.3 Å². The second-order valence-electron chi connectivity index (χ2n) is 13.8. The quantitative estimate of drug-likeness (QED) is 0.482. The molecule has 4 saturated carbocycles. The number of aliphatic hydroxyl groups is 1. The largest absolute Gasteiger partial charge is 0.486 e. The molecule has 4 fully saturated rings. The first-order chi connectivity index (χ1) is 20.0. The molecule has 223 valence electrons. The molecule has 2 aromatic rings. The van der Waals surface area contributed by atoms with Crippen LogP contribution < -0.4 is 10.4 Å². The summed E-state index contributed by atoms with van der Waals surface area (Å²) in [5.74, 6) is -0.421. The Bertz CT molecular complexity index is 1460. The molecule has 0 saturated heterocycles. The van der Waals surface area contributed by atoms with Crippen LogP contribution in [0.4, 0.5) is 0 Å². The second-order valence-corrected chi connectivity index (χ2v) is 13.8. The van der Waals surface area contributed by atoms with Crippen molar-refractivity contribution < 1.29 is 33.3 Å². The van der Waals surface area contributed by atoms with Gasteiger partial charge in [-0.2, -0.15) is 0 Å². The lowest BCUT2D eigenvalue weighted by Gasteiger charge is -2.65. The van der Waals surface area contributed by atoms with Crippen molar-refractivity contribution in [3.05, 3.63) is 53.0 Å². The molecule has 2 aromatic heterocycles. The monoisotopic (exact) mass is 576 g/mol. The molecule has 7 atom stereocenters. The predicted octanol–water partition coefficient (Wildman–Crippen LogP) is 4.81. The zero-order chi connectivity index (χ0) is 29.4. The van der Waals surface area contributed by atoms with E-state index in [0.717, 1.165) is 25.7 Å². The average molecular weight is 577 g/mol. The Morgan fingerprint density at radius 1 is 1.10 bits per heavy atom.